The molecule has 0 saturated heterocycles. The Kier molecular flexibility index (Phi) is 4.28. The number of hydrogen-bond donors (Lipinski definition) is 0. The average Bonchev–Trinajstić information content (AvgIpc) is 3.06. The van der Waals surface area contributed by atoms with E-state index in [0.29, 0.717) is 0 Å². The fourth-order valence-electron chi connectivity index (χ4n) is 2.97. The predicted octanol–water partition coefficient (Wildman–Crippen LogP) is 5.23. The van der Waals surface area contributed by atoms with E-state index < -0.39 is 0 Å². The van der Waals surface area contributed by atoms with Crippen LogP contribution in [0.25, 0.3) is 27.9 Å². The molecule has 4 aromatic rings. The lowest BCUT2D eigenvalue weighted by molar-refractivity contribution is 0.941. The number of nitrogens with zero attached hydrogens (tertiary/aromatic N) is 3. The minimum absolute atomic E-state index is 0.886. The van der Waals surface area contributed by atoms with Crippen molar-refractivity contribution >= 4 is 17.4 Å². The monoisotopic (exact) mass is 345 g/mol. The smallest absolute Gasteiger partial charge is 0.162 e. The van der Waals surface area contributed by atoms with Crippen molar-refractivity contribution in [3.63, 3.8) is 0 Å². The van der Waals surface area contributed by atoms with Crippen LogP contribution in [0, 0.1) is 6.92 Å². The fraction of sp³-hybridized carbons (Fsp3) is 0.143. The summed E-state index contributed by atoms with van der Waals surface area (Å²) in [6.07, 6.45) is 7.99. The van der Waals surface area contributed by atoms with Crippen molar-refractivity contribution in [3.05, 3.63) is 78.2 Å². The van der Waals surface area contributed by atoms with E-state index in [0.717, 1.165) is 33.7 Å². The molecule has 0 spiro atoms. The maximum atomic E-state index is 4.69. The zero-order chi connectivity index (χ0) is 17.2. The third kappa shape index (κ3) is 3.17. The number of aryl methyl sites for hydroxylation is 1. The van der Waals surface area contributed by atoms with Crippen molar-refractivity contribution in [3.8, 4) is 22.3 Å². The summed E-state index contributed by atoms with van der Waals surface area (Å²) < 4.78 is 1.87. The second-order valence-corrected chi connectivity index (χ2v) is 7.03. The van der Waals surface area contributed by atoms with Crippen LogP contribution in [0.4, 0.5) is 0 Å². The van der Waals surface area contributed by atoms with E-state index in [9.17, 15) is 0 Å². The average molecular weight is 345 g/mol. The quantitative estimate of drug-likeness (QED) is 0.507. The Labute approximate surface area is 151 Å². The van der Waals surface area contributed by atoms with Crippen LogP contribution in [0.15, 0.2) is 67.1 Å². The molecule has 0 saturated carbocycles. The van der Waals surface area contributed by atoms with Gasteiger partial charge in [-0.15, -0.1) is 0 Å². The summed E-state index contributed by atoms with van der Waals surface area (Å²) >= 11 is 1.83. The molecular formula is C21H19N3S. The molecule has 4 rings (SSSR count). The van der Waals surface area contributed by atoms with Gasteiger partial charge in [-0.2, -0.15) is 16.9 Å². The summed E-state index contributed by atoms with van der Waals surface area (Å²) in [5.74, 6) is 1.01. The third-order valence-corrected chi connectivity index (χ3v) is 4.91. The number of hydrogen-bond acceptors (Lipinski definition) is 3. The third-order valence-electron chi connectivity index (χ3n) is 4.29. The summed E-state index contributed by atoms with van der Waals surface area (Å²) in [4.78, 5) is 4.69. The lowest BCUT2D eigenvalue weighted by atomic mass is 10.1. The van der Waals surface area contributed by atoms with Crippen molar-refractivity contribution in [2.75, 3.05) is 6.26 Å². The van der Waals surface area contributed by atoms with E-state index in [-0.39, 0.29) is 0 Å². The van der Waals surface area contributed by atoms with Gasteiger partial charge in [0.1, 0.15) is 0 Å². The molecule has 2 aromatic carbocycles. The van der Waals surface area contributed by atoms with Crippen molar-refractivity contribution in [2.45, 2.75) is 12.7 Å². The molecule has 0 atom stereocenters. The van der Waals surface area contributed by atoms with E-state index in [1.165, 1.54) is 11.1 Å². The van der Waals surface area contributed by atoms with E-state index >= 15 is 0 Å². The maximum absolute atomic E-state index is 4.69. The summed E-state index contributed by atoms with van der Waals surface area (Å²) in [7, 11) is 0. The molecule has 2 heterocycles. The molecule has 25 heavy (non-hydrogen) atoms. The minimum Gasteiger partial charge on any atom is -0.236 e. The van der Waals surface area contributed by atoms with Gasteiger partial charge >= 0.3 is 0 Å². The highest BCUT2D eigenvalue weighted by molar-refractivity contribution is 7.97. The second-order valence-electron chi connectivity index (χ2n) is 6.17. The second kappa shape index (κ2) is 6.73. The summed E-state index contributed by atoms with van der Waals surface area (Å²) in [5, 5.41) is 4.52. The molecule has 0 fully saturated rings. The molecule has 0 aliphatic carbocycles. The van der Waals surface area contributed by atoms with E-state index in [1.807, 2.05) is 34.9 Å². The van der Waals surface area contributed by atoms with Crippen molar-refractivity contribution in [1.82, 2.24) is 14.6 Å². The molecule has 0 amide bonds. The summed E-state index contributed by atoms with van der Waals surface area (Å²) in [6.45, 7) is 2.09. The largest absolute Gasteiger partial charge is 0.236 e. The van der Waals surface area contributed by atoms with Gasteiger partial charge < -0.3 is 0 Å². The van der Waals surface area contributed by atoms with E-state index in [4.69, 9.17) is 0 Å². The lowest BCUT2D eigenvalue weighted by Crippen LogP contribution is -1.92. The van der Waals surface area contributed by atoms with Gasteiger partial charge in [-0.05, 0) is 29.9 Å². The van der Waals surface area contributed by atoms with Crippen molar-refractivity contribution in [1.29, 1.82) is 0 Å². The van der Waals surface area contributed by atoms with Crippen LogP contribution < -0.4 is 0 Å². The van der Waals surface area contributed by atoms with Crippen LogP contribution in [0.5, 0.6) is 0 Å². The molecule has 4 heteroatoms. The van der Waals surface area contributed by atoms with Crippen molar-refractivity contribution in [2.24, 2.45) is 0 Å². The Balaban J connectivity index is 1.75. The normalized spacial score (nSPS) is 11.1. The molecule has 2 aromatic heterocycles. The van der Waals surface area contributed by atoms with Crippen molar-refractivity contribution < 1.29 is 0 Å². The van der Waals surface area contributed by atoms with Gasteiger partial charge in [-0.1, -0.05) is 54.1 Å². The summed E-state index contributed by atoms with van der Waals surface area (Å²) in [6, 6.07) is 17.1. The summed E-state index contributed by atoms with van der Waals surface area (Å²) in [5.41, 5.74) is 7.91. The number of rotatable bonds is 4. The van der Waals surface area contributed by atoms with E-state index in [2.05, 4.69) is 71.8 Å². The van der Waals surface area contributed by atoms with Gasteiger partial charge in [0.2, 0.25) is 0 Å². The topological polar surface area (TPSA) is 30.2 Å². The zero-order valence-corrected chi connectivity index (χ0v) is 15.1. The minimum atomic E-state index is 0.886. The number of benzene rings is 2. The first kappa shape index (κ1) is 15.9. The van der Waals surface area contributed by atoms with E-state index in [1.54, 1.807) is 0 Å². The van der Waals surface area contributed by atoms with Gasteiger partial charge in [-0.3, -0.25) is 0 Å². The van der Waals surface area contributed by atoms with Gasteiger partial charge in [0, 0.05) is 29.3 Å². The molecule has 124 valence electrons. The van der Waals surface area contributed by atoms with Crippen LogP contribution in [-0.4, -0.2) is 20.9 Å². The standard InChI is InChI=1S/C21H19N3S/c1-15-6-8-17(9-7-15)19-11-22-21-20(12-23-24(21)13-19)18-5-3-4-16(10-18)14-25-2/h3-13H,14H2,1-2H3. The van der Waals surface area contributed by atoms with Crippen LogP contribution in [-0.2, 0) is 5.75 Å². The van der Waals surface area contributed by atoms with Crippen LogP contribution in [0.2, 0.25) is 0 Å². The first-order chi connectivity index (χ1) is 12.2. The molecule has 0 aliphatic heterocycles. The van der Waals surface area contributed by atoms with Crippen LogP contribution >= 0.6 is 11.8 Å². The first-order valence-corrected chi connectivity index (χ1v) is 9.62. The molecule has 0 bridgehead atoms. The Morgan fingerprint density at radius 3 is 2.60 bits per heavy atom. The van der Waals surface area contributed by atoms with Gasteiger partial charge in [0.05, 0.1) is 6.20 Å². The molecule has 0 N–H and O–H groups in total. The number of fused-ring (bicyclic) bond motifs is 1. The predicted molar refractivity (Wildman–Crippen MR) is 106 cm³/mol. The van der Waals surface area contributed by atoms with Gasteiger partial charge in [0.15, 0.2) is 5.65 Å². The Bertz CT molecular complexity index is 1020. The fourth-order valence-corrected chi connectivity index (χ4v) is 3.48. The number of thioether (sulfide) groups is 1. The van der Waals surface area contributed by atoms with Crippen LogP contribution in [0.3, 0.4) is 0 Å². The molecule has 0 unspecified atom stereocenters. The Hall–Kier alpha value is -2.59. The highest BCUT2D eigenvalue weighted by Gasteiger charge is 2.10. The maximum Gasteiger partial charge on any atom is 0.162 e. The first-order valence-electron chi connectivity index (χ1n) is 8.23. The Morgan fingerprint density at radius 1 is 0.960 bits per heavy atom. The van der Waals surface area contributed by atoms with Crippen LogP contribution in [0.1, 0.15) is 11.1 Å². The van der Waals surface area contributed by atoms with Gasteiger partial charge in [-0.25, -0.2) is 9.50 Å². The molecular weight excluding hydrogens is 326 g/mol. The molecule has 0 aliphatic rings. The molecule has 3 nitrogen and oxygen atoms in total. The lowest BCUT2D eigenvalue weighted by Gasteiger charge is -2.05. The van der Waals surface area contributed by atoms with Gasteiger partial charge in [0.25, 0.3) is 0 Å². The SMILES string of the molecule is CSCc1cccc(-c2cnn3cc(-c4ccc(C)cc4)cnc23)c1. The number of aromatic nitrogens is 3. The highest BCUT2D eigenvalue weighted by Crippen LogP contribution is 2.27. The zero-order valence-electron chi connectivity index (χ0n) is 14.3. The highest BCUT2D eigenvalue weighted by atomic mass is 32.2. The molecule has 0 radical (unpaired) electrons. The Morgan fingerprint density at radius 2 is 1.80 bits per heavy atom.